The van der Waals surface area contributed by atoms with Gasteiger partial charge in [0.2, 0.25) is 0 Å². The van der Waals surface area contributed by atoms with Crippen LogP contribution < -0.4 is 14.4 Å². The molecule has 0 fully saturated rings. The van der Waals surface area contributed by atoms with Gasteiger partial charge in [-0.3, -0.25) is 0 Å². The number of aliphatic hydroxyl groups is 1. The first-order valence-corrected chi connectivity index (χ1v) is 8.09. The molecule has 128 valence electrons. The molecule has 3 aromatic rings. The zero-order valence-electron chi connectivity index (χ0n) is 14.1. The summed E-state index contributed by atoms with van der Waals surface area (Å²) in [7, 11) is 3.24. The summed E-state index contributed by atoms with van der Waals surface area (Å²) < 4.78 is 10.9. The largest absolute Gasteiger partial charge is 0.496 e. The fourth-order valence-electron chi connectivity index (χ4n) is 3.48. The maximum absolute atomic E-state index is 10.8. The van der Waals surface area contributed by atoms with E-state index in [2.05, 4.69) is 14.9 Å². The van der Waals surface area contributed by atoms with Crippen LogP contribution in [0.4, 0.5) is 5.82 Å². The Morgan fingerprint density at radius 1 is 1.04 bits per heavy atom. The van der Waals surface area contributed by atoms with Gasteiger partial charge < -0.3 is 19.5 Å². The molecule has 0 amide bonds. The fraction of sp³-hybridized carbons (Fsp3) is 0.263. The Morgan fingerprint density at radius 3 is 2.60 bits per heavy atom. The van der Waals surface area contributed by atoms with E-state index in [-0.39, 0.29) is 0 Å². The lowest BCUT2D eigenvalue weighted by Gasteiger charge is -2.35. The average molecular weight is 337 g/mol. The van der Waals surface area contributed by atoms with Crippen LogP contribution in [0.25, 0.3) is 10.9 Å². The van der Waals surface area contributed by atoms with Crippen molar-refractivity contribution < 1.29 is 14.6 Å². The summed E-state index contributed by atoms with van der Waals surface area (Å²) in [6.45, 7) is 1.01. The van der Waals surface area contributed by atoms with E-state index in [1.807, 2.05) is 36.4 Å². The molecule has 2 heterocycles. The third kappa shape index (κ3) is 2.55. The van der Waals surface area contributed by atoms with Crippen LogP contribution in [0, 0.1) is 0 Å². The van der Waals surface area contributed by atoms with Crippen LogP contribution in [-0.2, 0) is 6.54 Å². The summed E-state index contributed by atoms with van der Waals surface area (Å²) in [6.07, 6.45) is 0.866. The number of hydrogen-bond donors (Lipinski definition) is 1. The molecule has 4 rings (SSSR count). The number of fused-ring (bicyclic) bond motifs is 2. The Morgan fingerprint density at radius 2 is 1.80 bits per heavy atom. The van der Waals surface area contributed by atoms with E-state index in [0.717, 1.165) is 33.6 Å². The lowest BCUT2D eigenvalue weighted by molar-refractivity contribution is 0.169. The molecule has 0 bridgehead atoms. The number of aromatic nitrogens is 2. The van der Waals surface area contributed by atoms with Crippen LogP contribution in [0.2, 0.25) is 0 Å². The molecular formula is C19H19N3O3. The van der Waals surface area contributed by atoms with Crippen LogP contribution in [0.15, 0.2) is 42.7 Å². The summed E-state index contributed by atoms with van der Waals surface area (Å²) in [4.78, 5) is 10.8. The monoisotopic (exact) mass is 337 g/mol. The Labute approximate surface area is 145 Å². The van der Waals surface area contributed by atoms with Gasteiger partial charge in [-0.15, -0.1) is 0 Å². The van der Waals surface area contributed by atoms with Crippen molar-refractivity contribution in [3.63, 3.8) is 0 Å². The molecule has 0 saturated heterocycles. The number of β-amino-alcohol motifs (C(OH)–C–C–N with tert-alkyl or cyclic N) is 1. The molecule has 6 nitrogen and oxygen atoms in total. The van der Waals surface area contributed by atoms with Crippen LogP contribution in [0.3, 0.4) is 0 Å². The first-order valence-electron chi connectivity index (χ1n) is 8.09. The highest BCUT2D eigenvalue weighted by atomic mass is 16.5. The van der Waals surface area contributed by atoms with Gasteiger partial charge in [-0.25, -0.2) is 9.97 Å². The quantitative estimate of drug-likeness (QED) is 0.793. The number of benzene rings is 2. The maximum atomic E-state index is 10.8. The number of nitrogens with zero attached hydrogens (tertiary/aromatic N) is 3. The molecule has 1 aliphatic rings. The zero-order valence-corrected chi connectivity index (χ0v) is 14.1. The maximum Gasteiger partial charge on any atom is 0.140 e. The number of aliphatic hydroxyl groups excluding tert-OH is 1. The SMILES string of the molecule is COc1ccc(OC)c2c1CN(c1ncnc3ccccc13)C[C@@H]2O. The van der Waals surface area contributed by atoms with Crippen molar-refractivity contribution in [1.29, 1.82) is 0 Å². The Balaban J connectivity index is 1.83. The second-order valence-electron chi connectivity index (χ2n) is 5.97. The van der Waals surface area contributed by atoms with Gasteiger partial charge in [0.15, 0.2) is 0 Å². The molecule has 1 atom stereocenters. The number of anilines is 1. The highest BCUT2D eigenvalue weighted by molar-refractivity contribution is 5.89. The first-order chi connectivity index (χ1) is 12.2. The van der Waals surface area contributed by atoms with E-state index in [1.165, 1.54) is 0 Å². The minimum atomic E-state index is -0.692. The minimum absolute atomic E-state index is 0.428. The van der Waals surface area contributed by atoms with Crippen molar-refractivity contribution in [3.05, 3.63) is 53.9 Å². The third-order valence-corrected chi connectivity index (χ3v) is 4.61. The van der Waals surface area contributed by atoms with Crippen LogP contribution in [0.5, 0.6) is 11.5 Å². The third-order valence-electron chi connectivity index (χ3n) is 4.61. The van der Waals surface area contributed by atoms with Crippen molar-refractivity contribution in [2.75, 3.05) is 25.7 Å². The van der Waals surface area contributed by atoms with Gasteiger partial charge in [0, 0.05) is 23.1 Å². The van der Waals surface area contributed by atoms with Gasteiger partial charge in [-0.05, 0) is 24.3 Å². The predicted molar refractivity (Wildman–Crippen MR) is 95.1 cm³/mol. The lowest BCUT2D eigenvalue weighted by Crippen LogP contribution is -2.35. The zero-order chi connectivity index (χ0) is 17.4. The highest BCUT2D eigenvalue weighted by Gasteiger charge is 2.30. The van der Waals surface area contributed by atoms with Crippen molar-refractivity contribution in [2.45, 2.75) is 12.6 Å². The summed E-state index contributed by atoms with van der Waals surface area (Å²) in [6, 6.07) is 11.6. The van der Waals surface area contributed by atoms with Crippen molar-refractivity contribution >= 4 is 16.7 Å². The number of para-hydroxylation sites is 1. The van der Waals surface area contributed by atoms with Gasteiger partial charge >= 0.3 is 0 Å². The van der Waals surface area contributed by atoms with Gasteiger partial charge in [-0.1, -0.05) is 12.1 Å². The molecule has 2 aromatic carbocycles. The van der Waals surface area contributed by atoms with Crippen LogP contribution in [0.1, 0.15) is 17.2 Å². The molecular weight excluding hydrogens is 318 g/mol. The van der Waals surface area contributed by atoms with E-state index in [0.29, 0.717) is 18.8 Å². The van der Waals surface area contributed by atoms with E-state index in [4.69, 9.17) is 9.47 Å². The average Bonchev–Trinajstić information content (AvgIpc) is 2.66. The van der Waals surface area contributed by atoms with Gasteiger partial charge in [0.25, 0.3) is 0 Å². The first kappa shape index (κ1) is 15.7. The Bertz CT molecular complexity index is 924. The molecule has 0 aliphatic carbocycles. The molecule has 1 N–H and O–H groups in total. The van der Waals surface area contributed by atoms with E-state index in [1.54, 1.807) is 20.5 Å². The highest BCUT2D eigenvalue weighted by Crippen LogP contribution is 2.41. The summed E-state index contributed by atoms with van der Waals surface area (Å²) in [5.74, 6) is 2.22. The summed E-state index contributed by atoms with van der Waals surface area (Å²) in [5, 5.41) is 11.7. The lowest BCUT2D eigenvalue weighted by atomic mass is 9.95. The molecule has 1 aromatic heterocycles. The number of methoxy groups -OCH3 is 2. The summed E-state index contributed by atoms with van der Waals surface area (Å²) in [5.41, 5.74) is 2.59. The molecule has 6 heteroatoms. The molecule has 25 heavy (non-hydrogen) atoms. The molecule has 0 unspecified atom stereocenters. The van der Waals surface area contributed by atoms with Crippen LogP contribution >= 0.6 is 0 Å². The Hall–Kier alpha value is -2.86. The number of ether oxygens (including phenoxy) is 2. The molecule has 1 aliphatic heterocycles. The van der Waals surface area contributed by atoms with Crippen molar-refractivity contribution in [3.8, 4) is 11.5 Å². The standard InChI is InChI=1S/C19H19N3O3/c1-24-16-7-8-17(25-2)18-13(16)9-22(10-15(18)23)19-12-5-3-4-6-14(12)20-11-21-19/h3-8,11,15,23H,9-10H2,1-2H3/t15-/m0/s1. The number of rotatable bonds is 3. The number of hydrogen-bond acceptors (Lipinski definition) is 6. The fourth-order valence-corrected chi connectivity index (χ4v) is 3.48. The van der Waals surface area contributed by atoms with Gasteiger partial charge in [0.05, 0.1) is 26.3 Å². The van der Waals surface area contributed by atoms with Crippen LogP contribution in [-0.4, -0.2) is 35.8 Å². The van der Waals surface area contributed by atoms with E-state index in [9.17, 15) is 5.11 Å². The smallest absolute Gasteiger partial charge is 0.140 e. The normalized spacial score (nSPS) is 16.6. The Kier molecular flexibility index (Phi) is 3.89. The predicted octanol–water partition coefficient (Wildman–Crippen LogP) is 2.70. The van der Waals surface area contributed by atoms with E-state index < -0.39 is 6.10 Å². The van der Waals surface area contributed by atoms with Gasteiger partial charge in [-0.2, -0.15) is 0 Å². The second kappa shape index (κ2) is 6.22. The minimum Gasteiger partial charge on any atom is -0.496 e. The molecule has 0 saturated carbocycles. The summed E-state index contributed by atoms with van der Waals surface area (Å²) >= 11 is 0. The van der Waals surface area contributed by atoms with Gasteiger partial charge in [0.1, 0.15) is 29.7 Å². The van der Waals surface area contributed by atoms with E-state index >= 15 is 0 Å². The second-order valence-corrected chi connectivity index (χ2v) is 5.97. The molecule has 0 spiro atoms. The van der Waals surface area contributed by atoms with Crippen molar-refractivity contribution in [2.24, 2.45) is 0 Å². The molecule has 0 radical (unpaired) electrons. The van der Waals surface area contributed by atoms with Crippen molar-refractivity contribution in [1.82, 2.24) is 9.97 Å². The topological polar surface area (TPSA) is 67.7 Å².